The normalized spacial score (nSPS) is 18.2. The van der Waals surface area contributed by atoms with Gasteiger partial charge in [-0.3, -0.25) is 9.88 Å². The Morgan fingerprint density at radius 1 is 1.19 bits per heavy atom. The van der Waals surface area contributed by atoms with Crippen molar-refractivity contribution >= 4 is 11.6 Å². The first-order valence-electron chi connectivity index (χ1n) is 9.56. The summed E-state index contributed by atoms with van der Waals surface area (Å²) in [5.41, 5.74) is 3.45. The minimum atomic E-state index is -0.0651. The molecule has 4 heteroatoms. The summed E-state index contributed by atoms with van der Waals surface area (Å²) in [5.74, 6) is 0.615. The summed E-state index contributed by atoms with van der Waals surface area (Å²) in [4.78, 5) is 6.61. The van der Waals surface area contributed by atoms with Crippen molar-refractivity contribution in [1.82, 2.24) is 9.88 Å². The zero-order valence-corrected chi connectivity index (χ0v) is 17.0. The van der Waals surface area contributed by atoms with Crippen LogP contribution >= 0.6 is 11.6 Å². The van der Waals surface area contributed by atoms with E-state index in [1.54, 1.807) is 0 Å². The van der Waals surface area contributed by atoms with Crippen LogP contribution in [0.4, 0.5) is 0 Å². The number of hydrogen-bond acceptors (Lipinski definition) is 3. The van der Waals surface area contributed by atoms with Crippen LogP contribution in [-0.2, 0) is 11.2 Å². The van der Waals surface area contributed by atoms with Crippen LogP contribution in [0.25, 0.3) is 0 Å². The molecule has 0 N–H and O–H groups in total. The molecule has 2 atom stereocenters. The number of nitrogens with zero attached hydrogens (tertiary/aromatic N) is 2. The molecule has 3 rings (SSSR count). The number of aryl methyl sites for hydroxylation is 2. The van der Waals surface area contributed by atoms with E-state index in [0.717, 1.165) is 44.0 Å². The molecule has 26 heavy (non-hydrogen) atoms. The summed E-state index contributed by atoms with van der Waals surface area (Å²) in [7, 11) is 0. The molecule has 142 valence electrons. The molecule has 0 spiro atoms. The maximum absolute atomic E-state index is 6.51. The first kappa shape index (κ1) is 20.9. The quantitative estimate of drug-likeness (QED) is 0.511. The van der Waals surface area contributed by atoms with Crippen molar-refractivity contribution in [1.29, 1.82) is 0 Å². The molecule has 3 nitrogen and oxygen atoms in total. The standard InChI is InChI=1S/C14H21ClN2O.C8H10/c1-3-18-10-12-6-7-17(9-12)14(15)13-5-4-11(2)16-8-13;1-2-8-6-4-3-5-7-8/h4-5,8,12,14H,3,6-7,9-10H2,1-2H3;3-7H,2H2,1H3. The van der Waals surface area contributed by atoms with Crippen LogP contribution in [0, 0.1) is 12.8 Å². The minimum Gasteiger partial charge on any atom is -0.381 e. The number of likely N-dealkylation sites (tertiary alicyclic amines) is 1. The van der Waals surface area contributed by atoms with Gasteiger partial charge in [-0.25, -0.2) is 0 Å². The monoisotopic (exact) mass is 374 g/mol. The number of benzene rings is 1. The molecule has 1 aliphatic rings. The number of alkyl halides is 1. The van der Waals surface area contributed by atoms with Gasteiger partial charge in [-0.2, -0.15) is 0 Å². The Kier molecular flexibility index (Phi) is 9.10. The molecule has 2 aromatic rings. The Bertz CT molecular complexity index is 618. The number of aromatic nitrogens is 1. The van der Waals surface area contributed by atoms with Gasteiger partial charge in [-0.1, -0.05) is 43.3 Å². The average molecular weight is 375 g/mol. The van der Waals surface area contributed by atoms with Crippen molar-refractivity contribution in [3.05, 3.63) is 65.5 Å². The summed E-state index contributed by atoms with van der Waals surface area (Å²) in [6.45, 7) is 9.89. The van der Waals surface area contributed by atoms with Crippen molar-refractivity contribution in [3.8, 4) is 0 Å². The minimum absolute atomic E-state index is 0.0651. The molecule has 2 unspecified atom stereocenters. The highest BCUT2D eigenvalue weighted by molar-refractivity contribution is 6.20. The van der Waals surface area contributed by atoms with E-state index >= 15 is 0 Å². The van der Waals surface area contributed by atoms with E-state index in [4.69, 9.17) is 16.3 Å². The van der Waals surface area contributed by atoms with E-state index in [-0.39, 0.29) is 5.50 Å². The van der Waals surface area contributed by atoms with Gasteiger partial charge in [0, 0.05) is 37.2 Å². The van der Waals surface area contributed by atoms with Crippen molar-refractivity contribution in [2.24, 2.45) is 5.92 Å². The number of hydrogen-bond donors (Lipinski definition) is 0. The third-order valence-electron chi connectivity index (χ3n) is 4.66. The summed E-state index contributed by atoms with van der Waals surface area (Å²) in [5, 5.41) is 0. The van der Waals surface area contributed by atoms with Gasteiger partial charge in [0.05, 0.1) is 6.61 Å². The van der Waals surface area contributed by atoms with Crippen LogP contribution in [0.15, 0.2) is 48.7 Å². The Morgan fingerprint density at radius 2 is 1.96 bits per heavy atom. The van der Waals surface area contributed by atoms with E-state index in [9.17, 15) is 0 Å². The third-order valence-corrected chi connectivity index (χ3v) is 5.18. The second-order valence-corrected chi connectivity index (χ2v) is 7.13. The molecule has 0 bridgehead atoms. The van der Waals surface area contributed by atoms with Crippen LogP contribution < -0.4 is 0 Å². The van der Waals surface area contributed by atoms with Crippen LogP contribution in [0.3, 0.4) is 0 Å². The average Bonchev–Trinajstić information content (AvgIpc) is 3.16. The van der Waals surface area contributed by atoms with Crippen LogP contribution in [0.1, 0.15) is 42.6 Å². The molecule has 0 aliphatic carbocycles. The number of rotatable bonds is 6. The van der Waals surface area contributed by atoms with Crippen molar-refractivity contribution in [3.63, 3.8) is 0 Å². The molecule has 1 aliphatic heterocycles. The first-order chi connectivity index (χ1) is 12.6. The van der Waals surface area contributed by atoms with Crippen LogP contribution in [0.2, 0.25) is 0 Å². The number of halogens is 1. The summed E-state index contributed by atoms with van der Waals surface area (Å²) in [6.07, 6.45) is 4.19. The largest absolute Gasteiger partial charge is 0.381 e. The third kappa shape index (κ3) is 6.71. The molecule has 1 aromatic carbocycles. The van der Waals surface area contributed by atoms with E-state index in [2.05, 4.69) is 47.1 Å². The maximum Gasteiger partial charge on any atom is 0.112 e. The van der Waals surface area contributed by atoms with Crippen LogP contribution in [-0.4, -0.2) is 36.2 Å². The highest BCUT2D eigenvalue weighted by Crippen LogP contribution is 2.30. The fourth-order valence-electron chi connectivity index (χ4n) is 3.03. The van der Waals surface area contributed by atoms with Gasteiger partial charge in [0.25, 0.3) is 0 Å². The molecule has 0 saturated carbocycles. The lowest BCUT2D eigenvalue weighted by molar-refractivity contribution is 0.111. The highest BCUT2D eigenvalue weighted by Gasteiger charge is 2.28. The van der Waals surface area contributed by atoms with Gasteiger partial charge in [0.1, 0.15) is 5.50 Å². The SMILES string of the molecule is CCOCC1CCN(C(Cl)c2ccc(C)nc2)C1.CCc1ccccc1. The molecular formula is C22H31ClN2O. The molecule has 2 heterocycles. The Balaban J connectivity index is 0.000000254. The summed E-state index contributed by atoms with van der Waals surface area (Å²) >= 11 is 6.51. The van der Waals surface area contributed by atoms with Gasteiger partial charge < -0.3 is 4.74 Å². The van der Waals surface area contributed by atoms with E-state index in [1.165, 1.54) is 12.0 Å². The zero-order chi connectivity index (χ0) is 18.8. The highest BCUT2D eigenvalue weighted by atomic mass is 35.5. The Hall–Kier alpha value is -1.42. The lowest BCUT2D eigenvalue weighted by Gasteiger charge is -2.22. The Labute approximate surface area is 163 Å². The maximum atomic E-state index is 6.51. The number of pyridine rings is 1. The molecule has 0 amide bonds. The second-order valence-electron chi connectivity index (χ2n) is 6.72. The lowest BCUT2D eigenvalue weighted by Crippen LogP contribution is -2.24. The fraction of sp³-hybridized carbons (Fsp3) is 0.500. The zero-order valence-electron chi connectivity index (χ0n) is 16.2. The van der Waals surface area contributed by atoms with Crippen molar-refractivity contribution < 1.29 is 4.74 Å². The van der Waals surface area contributed by atoms with E-state index in [0.29, 0.717) is 5.92 Å². The van der Waals surface area contributed by atoms with Gasteiger partial charge in [0.2, 0.25) is 0 Å². The second kappa shape index (κ2) is 11.3. The molecule has 1 fully saturated rings. The lowest BCUT2D eigenvalue weighted by atomic mass is 10.1. The Morgan fingerprint density at radius 3 is 2.54 bits per heavy atom. The topological polar surface area (TPSA) is 25.4 Å². The van der Waals surface area contributed by atoms with Gasteiger partial charge in [-0.05, 0) is 44.2 Å². The predicted molar refractivity (Wildman–Crippen MR) is 110 cm³/mol. The molecule has 0 radical (unpaired) electrons. The smallest absolute Gasteiger partial charge is 0.112 e. The fourth-order valence-corrected chi connectivity index (χ4v) is 3.34. The van der Waals surface area contributed by atoms with Gasteiger partial charge in [0.15, 0.2) is 0 Å². The van der Waals surface area contributed by atoms with Gasteiger partial charge >= 0.3 is 0 Å². The van der Waals surface area contributed by atoms with Crippen molar-refractivity contribution in [2.45, 2.75) is 39.1 Å². The first-order valence-corrected chi connectivity index (χ1v) is 10.00. The predicted octanol–water partition coefficient (Wildman–Crippen LogP) is 5.23. The summed E-state index contributed by atoms with van der Waals surface area (Å²) < 4.78 is 5.48. The summed E-state index contributed by atoms with van der Waals surface area (Å²) in [6, 6.07) is 14.5. The van der Waals surface area contributed by atoms with E-state index in [1.807, 2.05) is 32.2 Å². The molecular weight excluding hydrogens is 344 g/mol. The number of ether oxygens (including phenoxy) is 1. The molecule has 1 aromatic heterocycles. The van der Waals surface area contributed by atoms with Gasteiger partial charge in [-0.15, -0.1) is 11.6 Å². The molecule has 1 saturated heterocycles. The van der Waals surface area contributed by atoms with E-state index < -0.39 is 0 Å². The van der Waals surface area contributed by atoms with Crippen LogP contribution in [0.5, 0.6) is 0 Å². The van der Waals surface area contributed by atoms with Crippen molar-refractivity contribution in [2.75, 3.05) is 26.3 Å².